The predicted octanol–water partition coefficient (Wildman–Crippen LogP) is 2.59. The van der Waals surface area contributed by atoms with Crippen LogP contribution in [0.25, 0.3) is 0 Å². The molecule has 0 aliphatic carbocycles. The minimum absolute atomic E-state index is 0.0523. The molecule has 26 heavy (non-hydrogen) atoms. The summed E-state index contributed by atoms with van der Waals surface area (Å²) < 4.78 is 42.7. The molecule has 1 aromatic carbocycles. The lowest BCUT2D eigenvalue weighted by molar-refractivity contribution is -0.151. The Balaban J connectivity index is 1.81. The van der Waals surface area contributed by atoms with Crippen LogP contribution in [0.3, 0.4) is 0 Å². The summed E-state index contributed by atoms with van der Waals surface area (Å²) in [6.07, 6.45) is -1.65. The summed E-state index contributed by atoms with van der Waals surface area (Å²) in [4.78, 5) is 36.7. The summed E-state index contributed by atoms with van der Waals surface area (Å²) >= 11 is 0. The highest BCUT2D eigenvalue weighted by atomic mass is 19.4. The van der Waals surface area contributed by atoms with E-state index >= 15 is 0 Å². The molecule has 6 nitrogen and oxygen atoms in total. The van der Waals surface area contributed by atoms with E-state index in [0.29, 0.717) is 13.0 Å². The van der Waals surface area contributed by atoms with Gasteiger partial charge in [0.1, 0.15) is 6.54 Å². The summed E-state index contributed by atoms with van der Waals surface area (Å²) in [5.41, 5.74) is -0.949. The molecule has 1 heterocycles. The molecule has 0 atom stereocenters. The van der Waals surface area contributed by atoms with Gasteiger partial charge in [0.2, 0.25) is 5.91 Å². The van der Waals surface area contributed by atoms with Gasteiger partial charge in [-0.2, -0.15) is 13.2 Å². The number of benzene rings is 1. The predicted molar refractivity (Wildman–Crippen MR) is 86.1 cm³/mol. The molecule has 1 aliphatic rings. The number of alkyl halides is 3. The Morgan fingerprint density at radius 3 is 2.69 bits per heavy atom. The van der Waals surface area contributed by atoms with Crippen molar-refractivity contribution in [3.05, 3.63) is 29.8 Å². The third-order valence-electron chi connectivity index (χ3n) is 3.83. The summed E-state index contributed by atoms with van der Waals surface area (Å²) in [7, 11) is 0. The summed E-state index contributed by atoms with van der Waals surface area (Å²) in [6.45, 7) is -0.419. The summed E-state index contributed by atoms with van der Waals surface area (Å²) in [5, 5.41) is 2.24. The Kier molecular flexibility index (Phi) is 6.59. The minimum Gasteiger partial charge on any atom is -0.454 e. The van der Waals surface area contributed by atoms with Crippen LogP contribution in [0.4, 0.5) is 18.9 Å². The van der Waals surface area contributed by atoms with Gasteiger partial charge in [-0.05, 0) is 31.0 Å². The van der Waals surface area contributed by atoms with E-state index in [0.717, 1.165) is 37.5 Å². The number of hydrogen-bond donors (Lipinski definition) is 1. The topological polar surface area (TPSA) is 75.7 Å². The van der Waals surface area contributed by atoms with E-state index in [1.807, 2.05) is 0 Å². The van der Waals surface area contributed by atoms with Gasteiger partial charge in [0, 0.05) is 18.7 Å². The van der Waals surface area contributed by atoms with Crippen LogP contribution in [0.5, 0.6) is 0 Å². The van der Waals surface area contributed by atoms with Crippen molar-refractivity contribution in [1.82, 2.24) is 4.90 Å². The molecule has 1 N–H and O–H groups in total. The lowest BCUT2D eigenvalue weighted by atomic mass is 10.2. The van der Waals surface area contributed by atoms with E-state index in [-0.39, 0.29) is 18.1 Å². The van der Waals surface area contributed by atoms with Crippen LogP contribution in [-0.2, 0) is 25.3 Å². The van der Waals surface area contributed by atoms with E-state index in [1.165, 1.54) is 11.0 Å². The zero-order valence-corrected chi connectivity index (χ0v) is 14.0. The van der Waals surface area contributed by atoms with Gasteiger partial charge in [0.25, 0.3) is 5.91 Å². The van der Waals surface area contributed by atoms with Crippen LogP contribution in [0.15, 0.2) is 24.3 Å². The number of amides is 2. The van der Waals surface area contributed by atoms with Crippen molar-refractivity contribution in [2.24, 2.45) is 0 Å². The first-order valence-corrected chi connectivity index (χ1v) is 8.16. The Hall–Kier alpha value is -2.58. The van der Waals surface area contributed by atoms with E-state index in [9.17, 15) is 27.6 Å². The minimum atomic E-state index is -4.52. The number of hydrogen-bond acceptors (Lipinski definition) is 4. The van der Waals surface area contributed by atoms with E-state index < -0.39 is 30.2 Å². The molecule has 0 saturated carbocycles. The van der Waals surface area contributed by atoms with Crippen LogP contribution in [0.1, 0.15) is 31.2 Å². The largest absolute Gasteiger partial charge is 0.454 e. The van der Waals surface area contributed by atoms with E-state index in [4.69, 9.17) is 4.74 Å². The standard InChI is InChI=1S/C17H19F3N2O4/c18-17(19,20)12-5-4-6-13(9-12)21-14(23)11-26-16(25)10-22-8-3-1-2-7-15(22)24/h4-6,9H,1-3,7-8,10-11H2,(H,21,23). The normalized spacial score (nSPS) is 15.3. The Labute approximate surface area is 148 Å². The first-order valence-electron chi connectivity index (χ1n) is 8.16. The molecule has 2 amide bonds. The number of esters is 1. The van der Waals surface area contributed by atoms with Gasteiger partial charge in [0.15, 0.2) is 6.61 Å². The summed E-state index contributed by atoms with van der Waals surface area (Å²) in [5.74, 6) is -1.63. The fourth-order valence-corrected chi connectivity index (χ4v) is 2.52. The molecule has 2 rings (SSSR count). The number of carbonyl (C=O) groups is 3. The van der Waals surface area contributed by atoms with Crippen molar-refractivity contribution in [1.29, 1.82) is 0 Å². The second kappa shape index (κ2) is 8.68. The van der Waals surface area contributed by atoms with Gasteiger partial charge in [-0.15, -0.1) is 0 Å². The number of nitrogens with zero attached hydrogens (tertiary/aromatic N) is 1. The average Bonchev–Trinajstić information content (AvgIpc) is 2.77. The number of rotatable bonds is 5. The molecule has 1 aliphatic heterocycles. The fraction of sp³-hybridized carbons (Fsp3) is 0.471. The Morgan fingerprint density at radius 2 is 1.96 bits per heavy atom. The number of nitrogens with one attached hydrogen (secondary N) is 1. The van der Waals surface area contributed by atoms with Crippen molar-refractivity contribution >= 4 is 23.5 Å². The van der Waals surface area contributed by atoms with E-state index in [1.54, 1.807) is 0 Å². The van der Waals surface area contributed by atoms with Gasteiger partial charge in [0.05, 0.1) is 5.56 Å². The third-order valence-corrected chi connectivity index (χ3v) is 3.83. The van der Waals surface area contributed by atoms with Gasteiger partial charge in [-0.3, -0.25) is 14.4 Å². The molecule has 0 aromatic heterocycles. The SMILES string of the molecule is O=C(COC(=O)CN1CCCCCC1=O)Nc1cccc(C(F)(F)F)c1. The summed E-state index contributed by atoms with van der Waals surface area (Å²) in [6, 6.07) is 4.13. The van der Waals surface area contributed by atoms with E-state index in [2.05, 4.69) is 5.32 Å². The number of anilines is 1. The molecule has 1 fully saturated rings. The highest BCUT2D eigenvalue weighted by Crippen LogP contribution is 2.30. The fourth-order valence-electron chi connectivity index (χ4n) is 2.52. The molecule has 0 unspecified atom stereocenters. The van der Waals surface area contributed by atoms with Crippen LogP contribution < -0.4 is 5.32 Å². The molecule has 0 radical (unpaired) electrons. The number of ether oxygens (including phenoxy) is 1. The van der Waals surface area contributed by atoms with Crippen molar-refractivity contribution in [3.63, 3.8) is 0 Å². The zero-order chi connectivity index (χ0) is 19.2. The molecule has 9 heteroatoms. The molecule has 1 saturated heterocycles. The molecule has 142 valence electrons. The zero-order valence-electron chi connectivity index (χ0n) is 14.0. The van der Waals surface area contributed by atoms with Crippen molar-refractivity contribution in [2.45, 2.75) is 31.9 Å². The smallest absolute Gasteiger partial charge is 0.416 e. The molecular weight excluding hydrogens is 353 g/mol. The van der Waals surface area contributed by atoms with Crippen molar-refractivity contribution in [3.8, 4) is 0 Å². The highest BCUT2D eigenvalue weighted by Gasteiger charge is 2.30. The van der Waals surface area contributed by atoms with Gasteiger partial charge < -0.3 is 15.0 Å². The monoisotopic (exact) mass is 372 g/mol. The quantitative estimate of drug-likeness (QED) is 0.806. The van der Waals surface area contributed by atoms with Crippen molar-refractivity contribution < 1.29 is 32.3 Å². The van der Waals surface area contributed by atoms with Gasteiger partial charge in [-0.25, -0.2) is 0 Å². The van der Waals surface area contributed by atoms with Crippen LogP contribution in [0, 0.1) is 0 Å². The molecule has 0 bridgehead atoms. The van der Waals surface area contributed by atoms with Crippen LogP contribution >= 0.6 is 0 Å². The second-order valence-corrected chi connectivity index (χ2v) is 5.91. The molecule has 0 spiro atoms. The lowest BCUT2D eigenvalue weighted by Gasteiger charge is -2.19. The Morgan fingerprint density at radius 1 is 1.19 bits per heavy atom. The average molecular weight is 372 g/mol. The number of likely N-dealkylation sites (tertiary alicyclic amines) is 1. The first-order chi connectivity index (χ1) is 12.3. The maximum absolute atomic E-state index is 12.6. The second-order valence-electron chi connectivity index (χ2n) is 5.91. The van der Waals surface area contributed by atoms with Gasteiger partial charge >= 0.3 is 12.1 Å². The van der Waals surface area contributed by atoms with Gasteiger partial charge in [-0.1, -0.05) is 12.5 Å². The Bertz CT molecular complexity index is 676. The van der Waals surface area contributed by atoms with Crippen LogP contribution in [0.2, 0.25) is 0 Å². The number of halogens is 3. The molecular formula is C17H19F3N2O4. The lowest BCUT2D eigenvalue weighted by Crippen LogP contribution is -2.36. The first kappa shape index (κ1) is 19.7. The highest BCUT2D eigenvalue weighted by molar-refractivity contribution is 5.93. The van der Waals surface area contributed by atoms with Crippen molar-refractivity contribution in [2.75, 3.05) is 25.0 Å². The number of carbonyl (C=O) groups excluding carboxylic acids is 3. The van der Waals surface area contributed by atoms with Crippen LogP contribution in [-0.4, -0.2) is 42.4 Å². The third kappa shape index (κ3) is 6.05. The maximum atomic E-state index is 12.6. The molecule has 1 aromatic rings. The maximum Gasteiger partial charge on any atom is 0.416 e.